The Morgan fingerprint density at radius 1 is 1.03 bits per heavy atom. The summed E-state index contributed by atoms with van der Waals surface area (Å²) in [5, 5.41) is 0. The van der Waals surface area contributed by atoms with E-state index in [9.17, 15) is 26.4 Å². The molecule has 0 atom stereocenters. The lowest BCUT2D eigenvalue weighted by atomic mass is 9.91. The van der Waals surface area contributed by atoms with E-state index in [1.165, 1.54) is 19.2 Å². The fourth-order valence-electron chi connectivity index (χ4n) is 2.98. The molecule has 0 saturated heterocycles. The SMILES string of the molecule is COCCN(Cc1cccc(OS(=O)(=O)c2cccc(C(F)(F)F)c2)c1)C(=O)CC(C)(C)C. The van der Waals surface area contributed by atoms with Gasteiger partial charge in [-0.3, -0.25) is 4.79 Å². The minimum absolute atomic E-state index is 0.0696. The van der Waals surface area contributed by atoms with Crippen molar-refractivity contribution in [3.63, 3.8) is 0 Å². The van der Waals surface area contributed by atoms with Crippen molar-refractivity contribution >= 4 is 16.0 Å². The Morgan fingerprint density at radius 3 is 2.30 bits per heavy atom. The Balaban J connectivity index is 2.23. The third-order valence-electron chi connectivity index (χ3n) is 4.53. The molecule has 0 aliphatic rings. The van der Waals surface area contributed by atoms with Crippen LogP contribution in [0, 0.1) is 5.41 Å². The van der Waals surface area contributed by atoms with E-state index in [1.807, 2.05) is 20.8 Å². The van der Waals surface area contributed by atoms with E-state index in [2.05, 4.69) is 0 Å². The van der Waals surface area contributed by atoms with Crippen molar-refractivity contribution in [2.24, 2.45) is 5.41 Å². The summed E-state index contributed by atoms with van der Waals surface area (Å²) >= 11 is 0. The molecular weight excluding hydrogens is 459 g/mol. The minimum atomic E-state index is -4.68. The largest absolute Gasteiger partial charge is 0.416 e. The van der Waals surface area contributed by atoms with Crippen molar-refractivity contribution in [2.45, 2.75) is 44.8 Å². The second-order valence-electron chi connectivity index (χ2n) is 8.76. The summed E-state index contributed by atoms with van der Waals surface area (Å²) < 4.78 is 74.1. The van der Waals surface area contributed by atoms with Gasteiger partial charge in [0.25, 0.3) is 0 Å². The topological polar surface area (TPSA) is 72.9 Å². The lowest BCUT2D eigenvalue weighted by molar-refractivity contribution is -0.137. The quantitative estimate of drug-likeness (QED) is 0.471. The Morgan fingerprint density at radius 2 is 1.70 bits per heavy atom. The maximum Gasteiger partial charge on any atom is 0.416 e. The number of benzene rings is 2. The van der Waals surface area contributed by atoms with Gasteiger partial charge < -0.3 is 13.8 Å². The van der Waals surface area contributed by atoms with Crippen LogP contribution >= 0.6 is 0 Å². The molecule has 33 heavy (non-hydrogen) atoms. The monoisotopic (exact) mass is 487 g/mol. The average Bonchev–Trinajstić information content (AvgIpc) is 2.69. The molecule has 182 valence electrons. The van der Waals surface area contributed by atoms with Gasteiger partial charge in [-0.15, -0.1) is 0 Å². The molecule has 0 aliphatic heterocycles. The van der Waals surface area contributed by atoms with E-state index in [1.54, 1.807) is 17.0 Å². The first-order valence-electron chi connectivity index (χ1n) is 10.2. The van der Waals surface area contributed by atoms with Crippen LogP contribution in [0.25, 0.3) is 0 Å². The zero-order chi connectivity index (χ0) is 24.9. The number of hydrogen-bond donors (Lipinski definition) is 0. The third-order valence-corrected chi connectivity index (χ3v) is 5.77. The second kappa shape index (κ2) is 10.6. The number of halogens is 3. The van der Waals surface area contributed by atoms with Crippen LogP contribution in [0.2, 0.25) is 0 Å². The Labute approximate surface area is 192 Å². The van der Waals surface area contributed by atoms with Crippen molar-refractivity contribution in [1.29, 1.82) is 0 Å². The van der Waals surface area contributed by atoms with Crippen molar-refractivity contribution < 1.29 is 35.3 Å². The first-order valence-corrected chi connectivity index (χ1v) is 11.6. The van der Waals surface area contributed by atoms with Crippen LogP contribution in [0.5, 0.6) is 5.75 Å². The van der Waals surface area contributed by atoms with Gasteiger partial charge in [0.15, 0.2) is 0 Å². The summed E-state index contributed by atoms with van der Waals surface area (Å²) in [6.07, 6.45) is -4.37. The molecule has 10 heteroatoms. The fourth-order valence-corrected chi connectivity index (χ4v) is 3.95. The lowest BCUT2D eigenvalue weighted by Crippen LogP contribution is -2.35. The molecule has 0 unspecified atom stereocenters. The molecule has 1 amide bonds. The van der Waals surface area contributed by atoms with Crippen LogP contribution in [0.15, 0.2) is 53.4 Å². The molecular formula is C23H28F3NO5S. The minimum Gasteiger partial charge on any atom is -0.383 e. The molecule has 0 heterocycles. The van der Waals surface area contributed by atoms with E-state index in [-0.39, 0.29) is 23.6 Å². The molecule has 0 fully saturated rings. The standard InChI is InChI=1S/C23H28F3NO5S/c1-22(2,3)15-21(28)27(11-12-31-4)16-17-7-5-9-19(13-17)32-33(29,30)20-10-6-8-18(14-20)23(24,25)26/h5-10,13-14H,11-12,15-16H2,1-4H3. The highest BCUT2D eigenvalue weighted by atomic mass is 32.2. The van der Waals surface area contributed by atoms with Crippen LogP contribution in [0.1, 0.15) is 38.3 Å². The zero-order valence-corrected chi connectivity index (χ0v) is 19.8. The van der Waals surface area contributed by atoms with Gasteiger partial charge in [0.1, 0.15) is 10.6 Å². The average molecular weight is 488 g/mol. The van der Waals surface area contributed by atoms with Gasteiger partial charge in [-0.2, -0.15) is 21.6 Å². The van der Waals surface area contributed by atoms with Crippen molar-refractivity contribution in [1.82, 2.24) is 4.90 Å². The van der Waals surface area contributed by atoms with Gasteiger partial charge in [-0.25, -0.2) is 0 Å². The number of alkyl halides is 3. The van der Waals surface area contributed by atoms with Crippen molar-refractivity contribution in [3.05, 3.63) is 59.7 Å². The molecule has 0 radical (unpaired) electrons. The number of methoxy groups -OCH3 is 1. The van der Waals surface area contributed by atoms with Crippen LogP contribution < -0.4 is 4.18 Å². The fraction of sp³-hybridized carbons (Fsp3) is 0.435. The van der Waals surface area contributed by atoms with Crippen molar-refractivity contribution in [3.8, 4) is 5.75 Å². The number of rotatable bonds is 9. The molecule has 0 aromatic heterocycles. The van der Waals surface area contributed by atoms with Crippen LogP contribution in [0.3, 0.4) is 0 Å². The van der Waals surface area contributed by atoms with E-state index < -0.39 is 26.8 Å². The molecule has 0 N–H and O–H groups in total. The number of amides is 1. The van der Waals surface area contributed by atoms with Crippen molar-refractivity contribution in [2.75, 3.05) is 20.3 Å². The van der Waals surface area contributed by atoms with Crippen LogP contribution in [0.4, 0.5) is 13.2 Å². The van der Waals surface area contributed by atoms with E-state index in [4.69, 9.17) is 8.92 Å². The first kappa shape index (κ1) is 26.7. The maximum absolute atomic E-state index is 12.9. The normalized spacial score (nSPS) is 12.5. The summed E-state index contributed by atoms with van der Waals surface area (Å²) in [7, 11) is -2.97. The summed E-state index contributed by atoms with van der Waals surface area (Å²) in [4.78, 5) is 13.7. The highest BCUT2D eigenvalue weighted by Gasteiger charge is 2.32. The number of carbonyl (C=O) groups is 1. The number of carbonyl (C=O) groups excluding carboxylic acids is 1. The summed E-state index contributed by atoms with van der Waals surface area (Å²) in [5.74, 6) is -0.151. The highest BCUT2D eigenvalue weighted by molar-refractivity contribution is 7.87. The molecule has 2 rings (SSSR count). The maximum atomic E-state index is 12.9. The van der Waals surface area contributed by atoms with Crippen LogP contribution in [-0.4, -0.2) is 39.5 Å². The molecule has 0 saturated carbocycles. The first-order chi connectivity index (χ1) is 15.2. The lowest BCUT2D eigenvalue weighted by Gasteiger charge is -2.27. The highest BCUT2D eigenvalue weighted by Crippen LogP contribution is 2.31. The van der Waals surface area contributed by atoms with E-state index >= 15 is 0 Å². The molecule has 6 nitrogen and oxygen atoms in total. The smallest absolute Gasteiger partial charge is 0.383 e. The number of ether oxygens (including phenoxy) is 1. The zero-order valence-electron chi connectivity index (χ0n) is 19.0. The molecule has 0 bridgehead atoms. The summed E-state index contributed by atoms with van der Waals surface area (Å²) in [6.45, 7) is 6.72. The van der Waals surface area contributed by atoms with Gasteiger partial charge in [-0.1, -0.05) is 39.0 Å². The van der Waals surface area contributed by atoms with Gasteiger partial charge in [0.05, 0.1) is 12.2 Å². The third kappa shape index (κ3) is 8.36. The molecule has 2 aromatic carbocycles. The van der Waals surface area contributed by atoms with E-state index in [0.717, 1.165) is 18.2 Å². The molecule has 2 aromatic rings. The second-order valence-corrected chi connectivity index (χ2v) is 10.3. The molecule has 0 spiro atoms. The Hall–Kier alpha value is -2.59. The van der Waals surface area contributed by atoms with Gasteiger partial charge in [0, 0.05) is 26.6 Å². The number of nitrogens with zero attached hydrogens (tertiary/aromatic N) is 1. The summed E-state index contributed by atoms with van der Waals surface area (Å²) in [5.41, 5.74) is -0.705. The Bertz CT molecular complexity index is 1060. The van der Waals surface area contributed by atoms with Gasteiger partial charge in [-0.05, 0) is 41.3 Å². The van der Waals surface area contributed by atoms with Crippen LogP contribution in [-0.2, 0) is 32.4 Å². The predicted molar refractivity (Wildman–Crippen MR) is 117 cm³/mol. The Kier molecular flexibility index (Phi) is 8.53. The predicted octanol–water partition coefficient (Wildman–Crippen LogP) is 4.88. The summed E-state index contributed by atoms with van der Waals surface area (Å²) in [6, 6.07) is 9.42. The number of hydrogen-bond acceptors (Lipinski definition) is 5. The van der Waals surface area contributed by atoms with E-state index in [0.29, 0.717) is 31.2 Å². The molecule has 0 aliphatic carbocycles. The van der Waals surface area contributed by atoms with Gasteiger partial charge >= 0.3 is 16.3 Å². The van der Waals surface area contributed by atoms with Gasteiger partial charge in [0.2, 0.25) is 5.91 Å².